The second-order valence-electron chi connectivity index (χ2n) is 4.19. The summed E-state index contributed by atoms with van der Waals surface area (Å²) >= 11 is 11.8. The van der Waals surface area contributed by atoms with Crippen molar-refractivity contribution in [1.82, 2.24) is 9.97 Å². The van der Waals surface area contributed by atoms with Gasteiger partial charge in [-0.3, -0.25) is 4.99 Å². The predicted octanol–water partition coefficient (Wildman–Crippen LogP) is 4.33. The predicted molar refractivity (Wildman–Crippen MR) is 81.5 cm³/mol. The van der Waals surface area contributed by atoms with Crippen molar-refractivity contribution in [3.8, 4) is 5.75 Å². The third-order valence-corrected chi connectivity index (χ3v) is 3.32. The molecule has 1 aromatic heterocycles. The summed E-state index contributed by atoms with van der Waals surface area (Å²) in [5.74, 6) is -0.0394. The summed E-state index contributed by atoms with van der Waals surface area (Å²) in [6.45, 7) is 0. The van der Waals surface area contributed by atoms with Crippen molar-refractivity contribution in [3.05, 3.63) is 52.3 Å². The van der Waals surface area contributed by atoms with E-state index in [1.54, 1.807) is 12.4 Å². The Kier molecular flexibility index (Phi) is 3.34. The van der Waals surface area contributed by atoms with E-state index in [0.29, 0.717) is 10.6 Å². The van der Waals surface area contributed by atoms with Gasteiger partial charge in [0.2, 0.25) is 0 Å². The van der Waals surface area contributed by atoms with Crippen LogP contribution in [0, 0.1) is 0 Å². The third-order valence-electron chi connectivity index (χ3n) is 2.81. The molecule has 0 saturated heterocycles. The van der Waals surface area contributed by atoms with Crippen LogP contribution >= 0.6 is 23.2 Å². The molecular weight excluding hydrogens is 297 g/mol. The van der Waals surface area contributed by atoms with Crippen molar-refractivity contribution in [2.24, 2.45) is 4.99 Å². The Morgan fingerprint density at radius 3 is 2.90 bits per heavy atom. The zero-order chi connectivity index (χ0) is 14.1. The first-order valence-corrected chi connectivity index (χ1v) is 6.54. The zero-order valence-electron chi connectivity index (χ0n) is 10.1. The maximum absolute atomic E-state index is 9.84. The van der Waals surface area contributed by atoms with Crippen LogP contribution < -0.4 is 0 Å². The molecule has 6 heteroatoms. The van der Waals surface area contributed by atoms with Crippen LogP contribution in [0.2, 0.25) is 10.0 Å². The van der Waals surface area contributed by atoms with E-state index in [4.69, 9.17) is 23.2 Å². The van der Waals surface area contributed by atoms with Gasteiger partial charge >= 0.3 is 0 Å². The SMILES string of the molecule is Oc1c(Cl)cc(Cl)cc1C=Nc1ccc2nc[nH]c2c1. The lowest BCUT2D eigenvalue weighted by molar-refractivity contribution is 0.475. The summed E-state index contributed by atoms with van der Waals surface area (Å²) in [5.41, 5.74) is 2.97. The number of benzene rings is 2. The summed E-state index contributed by atoms with van der Waals surface area (Å²) in [5, 5.41) is 10.5. The third kappa shape index (κ3) is 2.48. The van der Waals surface area contributed by atoms with Gasteiger partial charge in [-0.2, -0.15) is 0 Å². The fourth-order valence-corrected chi connectivity index (χ4v) is 2.34. The first kappa shape index (κ1) is 13.0. The number of aromatic nitrogens is 2. The van der Waals surface area contributed by atoms with Gasteiger partial charge in [-0.25, -0.2) is 4.98 Å². The molecular formula is C14H9Cl2N3O. The maximum Gasteiger partial charge on any atom is 0.143 e. The van der Waals surface area contributed by atoms with Gasteiger partial charge in [0.25, 0.3) is 0 Å². The summed E-state index contributed by atoms with van der Waals surface area (Å²) in [4.78, 5) is 11.4. The molecule has 2 N–H and O–H groups in total. The number of hydrogen-bond acceptors (Lipinski definition) is 3. The first-order chi connectivity index (χ1) is 9.63. The number of halogens is 2. The average Bonchev–Trinajstić information content (AvgIpc) is 2.88. The van der Waals surface area contributed by atoms with Gasteiger partial charge in [0, 0.05) is 16.8 Å². The van der Waals surface area contributed by atoms with Crippen molar-refractivity contribution in [2.45, 2.75) is 0 Å². The van der Waals surface area contributed by atoms with Crippen LogP contribution in [0.5, 0.6) is 5.75 Å². The van der Waals surface area contributed by atoms with Crippen LogP contribution in [-0.2, 0) is 0 Å². The number of H-pyrrole nitrogens is 1. The molecule has 2 aromatic carbocycles. The van der Waals surface area contributed by atoms with Crippen molar-refractivity contribution < 1.29 is 5.11 Å². The molecule has 3 aromatic rings. The average molecular weight is 306 g/mol. The quantitative estimate of drug-likeness (QED) is 0.692. The highest BCUT2D eigenvalue weighted by Gasteiger charge is 2.06. The highest BCUT2D eigenvalue weighted by molar-refractivity contribution is 6.36. The second kappa shape index (κ2) is 5.15. The van der Waals surface area contributed by atoms with Gasteiger partial charge in [-0.1, -0.05) is 23.2 Å². The lowest BCUT2D eigenvalue weighted by Crippen LogP contribution is -1.84. The molecule has 4 nitrogen and oxygen atoms in total. The minimum absolute atomic E-state index is 0.0394. The molecule has 0 fully saturated rings. The highest BCUT2D eigenvalue weighted by Crippen LogP contribution is 2.30. The summed E-state index contributed by atoms with van der Waals surface area (Å²) in [7, 11) is 0. The molecule has 100 valence electrons. The molecule has 0 aliphatic carbocycles. The molecule has 0 aliphatic heterocycles. The normalized spacial score (nSPS) is 11.5. The fourth-order valence-electron chi connectivity index (χ4n) is 1.83. The molecule has 0 bridgehead atoms. The van der Waals surface area contributed by atoms with E-state index in [9.17, 15) is 5.11 Å². The summed E-state index contributed by atoms with van der Waals surface area (Å²) < 4.78 is 0. The van der Waals surface area contributed by atoms with E-state index >= 15 is 0 Å². The Balaban J connectivity index is 1.97. The molecule has 0 spiro atoms. The number of aromatic hydroxyl groups is 1. The Morgan fingerprint density at radius 1 is 1.20 bits per heavy atom. The lowest BCUT2D eigenvalue weighted by Gasteiger charge is -2.02. The number of rotatable bonds is 2. The molecule has 0 aliphatic rings. The largest absolute Gasteiger partial charge is 0.506 e. The van der Waals surface area contributed by atoms with Gasteiger partial charge in [-0.15, -0.1) is 0 Å². The van der Waals surface area contributed by atoms with E-state index < -0.39 is 0 Å². The zero-order valence-corrected chi connectivity index (χ0v) is 11.7. The van der Waals surface area contributed by atoms with Crippen LogP contribution in [0.15, 0.2) is 41.7 Å². The Hall–Kier alpha value is -2.04. The Bertz CT molecular complexity index is 811. The Labute approximate surface area is 124 Å². The van der Waals surface area contributed by atoms with Crippen molar-refractivity contribution in [3.63, 3.8) is 0 Å². The number of phenolic OH excluding ortho intramolecular Hbond substituents is 1. The molecule has 0 amide bonds. The van der Waals surface area contributed by atoms with Gasteiger partial charge in [0.1, 0.15) is 5.75 Å². The van der Waals surface area contributed by atoms with Crippen LogP contribution in [0.1, 0.15) is 5.56 Å². The molecule has 3 rings (SSSR count). The van der Waals surface area contributed by atoms with Crippen LogP contribution in [0.25, 0.3) is 11.0 Å². The maximum atomic E-state index is 9.84. The fraction of sp³-hybridized carbons (Fsp3) is 0. The van der Waals surface area contributed by atoms with E-state index in [2.05, 4.69) is 15.0 Å². The lowest BCUT2D eigenvalue weighted by atomic mass is 10.2. The molecule has 0 radical (unpaired) electrons. The number of nitrogens with zero attached hydrogens (tertiary/aromatic N) is 2. The number of hydrogen-bond donors (Lipinski definition) is 2. The monoisotopic (exact) mass is 305 g/mol. The number of phenols is 1. The van der Waals surface area contributed by atoms with Crippen molar-refractivity contribution in [2.75, 3.05) is 0 Å². The van der Waals surface area contributed by atoms with Crippen LogP contribution in [-0.4, -0.2) is 21.3 Å². The van der Waals surface area contributed by atoms with Gasteiger partial charge in [-0.05, 0) is 30.3 Å². The molecule has 0 unspecified atom stereocenters. The topological polar surface area (TPSA) is 61.3 Å². The Morgan fingerprint density at radius 2 is 2.05 bits per heavy atom. The van der Waals surface area contributed by atoms with Gasteiger partial charge in [0.05, 0.1) is 28.1 Å². The smallest absolute Gasteiger partial charge is 0.143 e. The van der Waals surface area contributed by atoms with Gasteiger partial charge < -0.3 is 10.1 Å². The van der Waals surface area contributed by atoms with Crippen molar-refractivity contribution >= 4 is 46.1 Å². The highest BCUT2D eigenvalue weighted by atomic mass is 35.5. The van der Waals surface area contributed by atoms with Gasteiger partial charge in [0.15, 0.2) is 0 Å². The summed E-state index contributed by atoms with van der Waals surface area (Å²) in [6, 6.07) is 8.64. The molecule has 0 saturated carbocycles. The standard InChI is InChI=1S/C14H9Cl2N3O/c15-9-3-8(14(20)11(16)4-9)6-17-10-1-2-12-13(5-10)19-7-18-12/h1-7,20H,(H,18,19). The molecule has 20 heavy (non-hydrogen) atoms. The first-order valence-electron chi connectivity index (χ1n) is 5.79. The van der Waals surface area contributed by atoms with E-state index in [-0.39, 0.29) is 10.8 Å². The number of aliphatic imine (C=N–C) groups is 1. The molecule has 0 atom stereocenters. The van der Waals surface area contributed by atoms with Crippen LogP contribution in [0.3, 0.4) is 0 Å². The van der Waals surface area contributed by atoms with Crippen molar-refractivity contribution in [1.29, 1.82) is 0 Å². The van der Waals surface area contributed by atoms with E-state index in [1.807, 2.05) is 18.2 Å². The van der Waals surface area contributed by atoms with E-state index in [0.717, 1.165) is 16.7 Å². The van der Waals surface area contributed by atoms with Crippen LogP contribution in [0.4, 0.5) is 5.69 Å². The number of imidazole rings is 1. The summed E-state index contributed by atoms with van der Waals surface area (Å²) in [6.07, 6.45) is 3.14. The second-order valence-corrected chi connectivity index (χ2v) is 5.03. The number of fused-ring (bicyclic) bond motifs is 1. The number of nitrogens with one attached hydrogen (secondary N) is 1. The van der Waals surface area contributed by atoms with E-state index in [1.165, 1.54) is 12.3 Å². The minimum Gasteiger partial charge on any atom is -0.506 e. The molecule has 1 heterocycles. The number of aromatic amines is 1. The minimum atomic E-state index is -0.0394.